The van der Waals surface area contributed by atoms with Gasteiger partial charge in [0.2, 0.25) is 5.91 Å². The summed E-state index contributed by atoms with van der Waals surface area (Å²) in [5.41, 5.74) is 3.01. The molecule has 1 heterocycles. The Morgan fingerprint density at radius 2 is 2.00 bits per heavy atom. The molecule has 6 heteroatoms. The molecule has 0 N–H and O–H groups in total. The van der Waals surface area contributed by atoms with Gasteiger partial charge in [0.1, 0.15) is 5.60 Å². The van der Waals surface area contributed by atoms with E-state index >= 15 is 0 Å². The average Bonchev–Trinajstić information content (AvgIpc) is 2.57. The first-order valence-electron chi connectivity index (χ1n) is 9.04. The summed E-state index contributed by atoms with van der Waals surface area (Å²) >= 11 is 0. The predicted octanol–water partition coefficient (Wildman–Crippen LogP) is 3.49. The lowest BCUT2D eigenvalue weighted by Crippen LogP contribution is -2.42. The molecule has 1 aromatic rings. The van der Waals surface area contributed by atoms with E-state index in [1.54, 1.807) is 11.9 Å². The van der Waals surface area contributed by atoms with E-state index in [1.807, 2.05) is 33.8 Å². The number of hydrogen-bond acceptors (Lipinski definition) is 4. The fourth-order valence-electron chi connectivity index (χ4n) is 3.12. The number of amides is 2. The first kappa shape index (κ1) is 20.2. The molecule has 0 fully saturated rings. The Labute approximate surface area is 156 Å². The Morgan fingerprint density at radius 3 is 2.62 bits per heavy atom. The molecule has 1 aromatic carbocycles. The quantitative estimate of drug-likeness (QED) is 0.769. The number of rotatable bonds is 4. The molecule has 0 bridgehead atoms. The largest absolute Gasteiger partial charge is 0.444 e. The zero-order valence-electron chi connectivity index (χ0n) is 16.7. The monoisotopic (exact) mass is 362 g/mol. The topological polar surface area (TPSA) is 59.1 Å². The number of ether oxygens (including phenoxy) is 1. The molecule has 2 rings (SSSR count). The second kappa shape index (κ2) is 8.08. The van der Waals surface area contributed by atoms with E-state index in [9.17, 15) is 9.59 Å². The highest BCUT2D eigenvalue weighted by Gasteiger charge is 2.31. The van der Waals surface area contributed by atoms with E-state index in [2.05, 4.69) is 12.1 Å². The number of hydroxylamine groups is 2. The standard InChI is InChI=1S/C20H30N2O4/c1-14-17-9-7-15(8-10-18(23)21(5)25-6)13-16(17)11-12-22(14)19(24)26-20(2,3)4/h7,9,13-14H,8,10-12H2,1-6H3. The number of benzene rings is 1. The molecule has 1 aliphatic rings. The summed E-state index contributed by atoms with van der Waals surface area (Å²) in [6.45, 7) is 8.29. The zero-order chi connectivity index (χ0) is 19.5. The molecule has 1 aliphatic heterocycles. The Kier molecular flexibility index (Phi) is 6.29. The summed E-state index contributed by atoms with van der Waals surface area (Å²) in [7, 11) is 3.09. The molecule has 0 aromatic heterocycles. The zero-order valence-corrected chi connectivity index (χ0v) is 16.7. The SMILES string of the molecule is CON(C)C(=O)CCc1ccc2c(c1)CCN(C(=O)OC(C)(C)C)C2C. The fraction of sp³-hybridized carbons (Fsp3) is 0.600. The van der Waals surface area contributed by atoms with Gasteiger partial charge in [-0.2, -0.15) is 0 Å². The van der Waals surface area contributed by atoms with Crippen molar-refractivity contribution in [1.82, 2.24) is 9.96 Å². The smallest absolute Gasteiger partial charge is 0.410 e. The average molecular weight is 362 g/mol. The van der Waals surface area contributed by atoms with Gasteiger partial charge in [0.25, 0.3) is 0 Å². The molecule has 0 spiro atoms. The fourth-order valence-corrected chi connectivity index (χ4v) is 3.12. The van der Waals surface area contributed by atoms with Gasteiger partial charge in [-0.05, 0) is 57.2 Å². The van der Waals surface area contributed by atoms with Crippen LogP contribution in [0.2, 0.25) is 0 Å². The minimum absolute atomic E-state index is 0.0242. The lowest BCUT2D eigenvalue weighted by atomic mass is 9.91. The van der Waals surface area contributed by atoms with E-state index in [0.717, 1.165) is 17.5 Å². The lowest BCUT2D eigenvalue weighted by molar-refractivity contribution is -0.168. The van der Waals surface area contributed by atoms with Crippen LogP contribution in [-0.2, 0) is 27.2 Å². The van der Waals surface area contributed by atoms with E-state index in [0.29, 0.717) is 19.4 Å². The Morgan fingerprint density at radius 1 is 1.31 bits per heavy atom. The summed E-state index contributed by atoms with van der Waals surface area (Å²) in [5.74, 6) is -0.0466. The van der Waals surface area contributed by atoms with E-state index in [4.69, 9.17) is 9.57 Å². The molecule has 1 atom stereocenters. The van der Waals surface area contributed by atoms with Crippen molar-refractivity contribution in [2.45, 2.75) is 58.6 Å². The van der Waals surface area contributed by atoms with Crippen LogP contribution >= 0.6 is 0 Å². The van der Waals surface area contributed by atoms with Gasteiger partial charge in [-0.3, -0.25) is 9.63 Å². The Bertz CT molecular complexity index is 666. The Hall–Kier alpha value is -2.08. The highest BCUT2D eigenvalue weighted by Crippen LogP contribution is 2.31. The van der Waals surface area contributed by atoms with Crippen molar-refractivity contribution >= 4 is 12.0 Å². The van der Waals surface area contributed by atoms with E-state index < -0.39 is 5.60 Å². The van der Waals surface area contributed by atoms with Crippen LogP contribution in [0.5, 0.6) is 0 Å². The van der Waals surface area contributed by atoms with Gasteiger partial charge in [-0.25, -0.2) is 9.86 Å². The van der Waals surface area contributed by atoms with Crippen LogP contribution in [0.3, 0.4) is 0 Å². The van der Waals surface area contributed by atoms with Crippen molar-refractivity contribution in [3.63, 3.8) is 0 Å². The number of nitrogens with zero attached hydrogens (tertiary/aromatic N) is 2. The molecule has 26 heavy (non-hydrogen) atoms. The third-order valence-electron chi connectivity index (χ3n) is 4.63. The van der Waals surface area contributed by atoms with Gasteiger partial charge < -0.3 is 9.64 Å². The van der Waals surface area contributed by atoms with Crippen LogP contribution in [0.4, 0.5) is 4.79 Å². The van der Waals surface area contributed by atoms with Gasteiger partial charge >= 0.3 is 6.09 Å². The van der Waals surface area contributed by atoms with Gasteiger partial charge in [0.15, 0.2) is 0 Å². The maximum Gasteiger partial charge on any atom is 0.410 e. The third-order valence-corrected chi connectivity index (χ3v) is 4.63. The highest BCUT2D eigenvalue weighted by molar-refractivity contribution is 5.75. The van der Waals surface area contributed by atoms with Crippen molar-refractivity contribution in [3.8, 4) is 0 Å². The number of fused-ring (bicyclic) bond motifs is 1. The van der Waals surface area contributed by atoms with E-state index in [-0.39, 0.29) is 18.0 Å². The minimum Gasteiger partial charge on any atom is -0.444 e. The van der Waals surface area contributed by atoms with Crippen molar-refractivity contribution < 1.29 is 19.2 Å². The predicted molar refractivity (Wildman–Crippen MR) is 99.6 cm³/mol. The second-order valence-electron chi connectivity index (χ2n) is 7.71. The molecular formula is C20H30N2O4. The molecule has 0 saturated carbocycles. The highest BCUT2D eigenvalue weighted by atomic mass is 16.7. The number of carbonyl (C=O) groups excluding carboxylic acids is 2. The van der Waals surface area contributed by atoms with E-state index in [1.165, 1.54) is 17.7 Å². The number of aryl methyl sites for hydroxylation is 1. The van der Waals surface area contributed by atoms with Crippen LogP contribution in [0.1, 0.15) is 56.8 Å². The summed E-state index contributed by atoms with van der Waals surface area (Å²) < 4.78 is 5.52. The molecule has 2 amide bonds. The number of hydrogen-bond donors (Lipinski definition) is 0. The summed E-state index contributed by atoms with van der Waals surface area (Å²) in [4.78, 5) is 31.0. The summed E-state index contributed by atoms with van der Waals surface area (Å²) in [5, 5.41) is 1.25. The molecule has 1 unspecified atom stereocenters. The number of carbonyl (C=O) groups is 2. The van der Waals surface area contributed by atoms with Crippen LogP contribution in [0, 0.1) is 0 Å². The van der Waals surface area contributed by atoms with Crippen molar-refractivity contribution in [3.05, 3.63) is 34.9 Å². The lowest BCUT2D eigenvalue weighted by Gasteiger charge is -2.36. The third kappa shape index (κ3) is 4.97. The van der Waals surface area contributed by atoms with Gasteiger partial charge in [0, 0.05) is 20.0 Å². The minimum atomic E-state index is -0.497. The molecule has 0 aliphatic carbocycles. The molecular weight excluding hydrogens is 332 g/mol. The maximum atomic E-state index is 12.4. The molecule has 6 nitrogen and oxygen atoms in total. The van der Waals surface area contributed by atoms with Crippen molar-refractivity contribution in [2.75, 3.05) is 20.7 Å². The normalized spacial score (nSPS) is 16.8. The summed E-state index contributed by atoms with van der Waals surface area (Å²) in [6, 6.07) is 6.23. The first-order chi connectivity index (χ1) is 12.1. The Balaban J connectivity index is 2.06. The van der Waals surface area contributed by atoms with Crippen molar-refractivity contribution in [2.24, 2.45) is 0 Å². The van der Waals surface area contributed by atoms with Gasteiger partial charge in [-0.1, -0.05) is 18.2 Å². The van der Waals surface area contributed by atoms with Gasteiger partial charge in [0.05, 0.1) is 13.2 Å². The summed E-state index contributed by atoms with van der Waals surface area (Å²) in [6.07, 6.45) is 1.60. The van der Waals surface area contributed by atoms with Crippen LogP contribution in [-0.4, -0.2) is 48.3 Å². The molecule has 0 radical (unpaired) electrons. The van der Waals surface area contributed by atoms with Crippen molar-refractivity contribution in [1.29, 1.82) is 0 Å². The second-order valence-corrected chi connectivity index (χ2v) is 7.71. The molecule has 144 valence electrons. The van der Waals surface area contributed by atoms with Crippen LogP contribution < -0.4 is 0 Å². The van der Waals surface area contributed by atoms with Crippen LogP contribution in [0.25, 0.3) is 0 Å². The van der Waals surface area contributed by atoms with Crippen LogP contribution in [0.15, 0.2) is 18.2 Å². The van der Waals surface area contributed by atoms with Gasteiger partial charge in [-0.15, -0.1) is 0 Å². The maximum absolute atomic E-state index is 12.4. The first-order valence-corrected chi connectivity index (χ1v) is 9.04. The molecule has 0 saturated heterocycles.